The monoisotopic (exact) mass is 511 g/mol. The molecule has 1 amide bonds. The van der Waals surface area contributed by atoms with Gasteiger partial charge >= 0.3 is 5.97 Å². The Morgan fingerprint density at radius 2 is 1.74 bits per heavy atom. The van der Waals surface area contributed by atoms with Gasteiger partial charge in [-0.25, -0.2) is 4.79 Å². The molecule has 4 rings (SSSR count). The number of hydrogen-bond donors (Lipinski definition) is 1. The summed E-state index contributed by atoms with van der Waals surface area (Å²) in [5.41, 5.74) is 2.78. The lowest BCUT2D eigenvalue weighted by atomic mass is 10.0. The van der Waals surface area contributed by atoms with Crippen molar-refractivity contribution in [2.75, 3.05) is 12.4 Å². The zero-order valence-electron chi connectivity index (χ0n) is 20.3. The number of carbonyl (C=O) groups excluding carboxylic acids is 3. The highest BCUT2D eigenvalue weighted by atomic mass is 16.6. The molecule has 1 heterocycles. The smallest absolute Gasteiger partial charge is 0.360 e. The first-order valence-corrected chi connectivity index (χ1v) is 11.3. The second-order valence-electron chi connectivity index (χ2n) is 8.18. The molecule has 0 radical (unpaired) electrons. The molecule has 3 aromatic carbocycles. The highest BCUT2D eigenvalue weighted by Crippen LogP contribution is 2.24. The van der Waals surface area contributed by atoms with Gasteiger partial charge in [-0.2, -0.15) is 0 Å². The van der Waals surface area contributed by atoms with Gasteiger partial charge in [-0.15, -0.1) is 0 Å². The molecule has 0 bridgehead atoms. The Morgan fingerprint density at radius 3 is 2.45 bits per heavy atom. The van der Waals surface area contributed by atoms with E-state index in [0.29, 0.717) is 33.7 Å². The van der Waals surface area contributed by atoms with Crippen LogP contribution in [0.5, 0.6) is 0 Å². The largest absolute Gasteiger partial charge is 0.464 e. The van der Waals surface area contributed by atoms with Crippen LogP contribution in [-0.2, 0) is 4.74 Å². The lowest BCUT2D eigenvalue weighted by molar-refractivity contribution is -0.385. The number of carbonyl (C=O) groups is 3. The van der Waals surface area contributed by atoms with E-state index in [4.69, 9.17) is 4.52 Å². The second-order valence-corrected chi connectivity index (χ2v) is 8.18. The highest BCUT2D eigenvalue weighted by Gasteiger charge is 2.15. The van der Waals surface area contributed by atoms with Gasteiger partial charge in [-0.05, 0) is 42.8 Å². The van der Waals surface area contributed by atoms with Crippen LogP contribution in [0.25, 0.3) is 17.4 Å². The molecular weight excluding hydrogens is 490 g/mol. The Balaban J connectivity index is 1.41. The number of methoxy groups -OCH3 is 1. The number of allylic oxidation sites excluding steroid dienone is 1. The number of aryl methyl sites for hydroxylation is 1. The van der Waals surface area contributed by atoms with Crippen LogP contribution in [-0.4, -0.2) is 34.8 Å². The first-order valence-electron chi connectivity index (χ1n) is 11.3. The third-order valence-corrected chi connectivity index (χ3v) is 5.60. The molecule has 10 heteroatoms. The zero-order chi connectivity index (χ0) is 27.2. The number of anilines is 1. The van der Waals surface area contributed by atoms with E-state index >= 15 is 0 Å². The molecule has 10 nitrogen and oxygen atoms in total. The van der Waals surface area contributed by atoms with Gasteiger partial charge in [-0.1, -0.05) is 47.6 Å². The minimum absolute atomic E-state index is 0.0351. The molecule has 0 aliphatic rings. The normalized spacial score (nSPS) is 10.8. The predicted octanol–water partition coefficient (Wildman–Crippen LogP) is 5.49. The molecule has 0 saturated heterocycles. The molecule has 0 aliphatic heterocycles. The summed E-state index contributed by atoms with van der Waals surface area (Å²) in [6.45, 7) is 1.61. The van der Waals surface area contributed by atoms with E-state index < -0.39 is 10.9 Å². The van der Waals surface area contributed by atoms with Crippen LogP contribution >= 0.6 is 0 Å². The van der Waals surface area contributed by atoms with Crippen LogP contribution in [0.1, 0.15) is 42.3 Å². The summed E-state index contributed by atoms with van der Waals surface area (Å²) in [5.74, 6) is -1.01. The van der Waals surface area contributed by atoms with Gasteiger partial charge < -0.3 is 14.6 Å². The van der Waals surface area contributed by atoms with Gasteiger partial charge in [-0.3, -0.25) is 19.7 Å². The van der Waals surface area contributed by atoms with Crippen molar-refractivity contribution < 1.29 is 28.6 Å². The molecule has 1 N–H and O–H groups in total. The van der Waals surface area contributed by atoms with Crippen LogP contribution in [0.3, 0.4) is 0 Å². The third kappa shape index (κ3) is 5.88. The number of nitro benzene ring substituents is 1. The summed E-state index contributed by atoms with van der Waals surface area (Å²) in [7, 11) is 1.25. The van der Waals surface area contributed by atoms with Crippen LogP contribution in [0.15, 0.2) is 83.4 Å². The van der Waals surface area contributed by atoms with Gasteiger partial charge in [0, 0.05) is 40.1 Å². The summed E-state index contributed by atoms with van der Waals surface area (Å²) in [6.07, 6.45) is 2.89. The van der Waals surface area contributed by atoms with Crippen LogP contribution in [0.2, 0.25) is 0 Å². The van der Waals surface area contributed by atoms with Crippen LogP contribution in [0.4, 0.5) is 11.4 Å². The van der Waals surface area contributed by atoms with E-state index in [1.165, 1.54) is 37.5 Å². The number of ether oxygens (including phenoxy) is 1. The molecule has 0 fully saturated rings. The molecule has 0 saturated carbocycles. The van der Waals surface area contributed by atoms with Gasteiger partial charge in [0.15, 0.2) is 17.2 Å². The van der Waals surface area contributed by atoms with Gasteiger partial charge in [0.25, 0.3) is 11.6 Å². The summed E-state index contributed by atoms with van der Waals surface area (Å²) in [4.78, 5) is 47.4. The number of hydrogen-bond acceptors (Lipinski definition) is 8. The average Bonchev–Trinajstić information content (AvgIpc) is 3.42. The van der Waals surface area contributed by atoms with Crippen molar-refractivity contribution in [1.82, 2.24) is 5.16 Å². The summed E-state index contributed by atoms with van der Waals surface area (Å²) in [6, 6.07) is 19.2. The van der Waals surface area contributed by atoms with Crippen molar-refractivity contribution >= 4 is 35.1 Å². The first kappa shape index (κ1) is 25.7. The van der Waals surface area contributed by atoms with Crippen molar-refractivity contribution in [2.45, 2.75) is 6.92 Å². The fourth-order valence-electron chi connectivity index (χ4n) is 3.54. The Labute approximate surface area is 216 Å². The molecular formula is C28H21N3O7. The Kier molecular flexibility index (Phi) is 7.53. The number of nitrogens with zero attached hydrogens (tertiary/aromatic N) is 2. The summed E-state index contributed by atoms with van der Waals surface area (Å²) >= 11 is 0. The third-order valence-electron chi connectivity index (χ3n) is 5.60. The maximum Gasteiger partial charge on any atom is 0.360 e. The topological polar surface area (TPSA) is 142 Å². The maximum absolute atomic E-state index is 12.7. The van der Waals surface area contributed by atoms with E-state index in [1.807, 2.05) is 0 Å². The number of ketones is 1. The number of esters is 1. The van der Waals surface area contributed by atoms with E-state index in [-0.39, 0.29) is 28.6 Å². The minimum atomic E-state index is -0.619. The van der Waals surface area contributed by atoms with Crippen molar-refractivity contribution in [3.8, 4) is 11.3 Å². The molecule has 190 valence electrons. The molecule has 1 aromatic heterocycles. The van der Waals surface area contributed by atoms with Crippen LogP contribution < -0.4 is 5.32 Å². The molecule has 4 aromatic rings. The number of nitro groups is 1. The van der Waals surface area contributed by atoms with E-state index in [0.717, 1.165) is 0 Å². The zero-order valence-corrected chi connectivity index (χ0v) is 20.3. The number of rotatable bonds is 8. The van der Waals surface area contributed by atoms with E-state index in [9.17, 15) is 24.5 Å². The van der Waals surface area contributed by atoms with Gasteiger partial charge in [0.2, 0.25) is 0 Å². The minimum Gasteiger partial charge on any atom is -0.464 e. The van der Waals surface area contributed by atoms with E-state index in [1.54, 1.807) is 61.5 Å². The van der Waals surface area contributed by atoms with Crippen molar-refractivity contribution in [3.05, 3.63) is 117 Å². The van der Waals surface area contributed by atoms with E-state index in [2.05, 4.69) is 15.2 Å². The lowest BCUT2D eigenvalue weighted by Crippen LogP contribution is -2.11. The van der Waals surface area contributed by atoms with Crippen molar-refractivity contribution in [1.29, 1.82) is 0 Å². The molecule has 0 unspecified atom stereocenters. The predicted molar refractivity (Wildman–Crippen MR) is 139 cm³/mol. The van der Waals surface area contributed by atoms with Gasteiger partial charge in [0.1, 0.15) is 0 Å². The molecule has 0 aliphatic carbocycles. The van der Waals surface area contributed by atoms with Crippen molar-refractivity contribution in [2.24, 2.45) is 0 Å². The number of aromatic nitrogens is 1. The Morgan fingerprint density at radius 1 is 1.00 bits per heavy atom. The maximum atomic E-state index is 12.7. The first-order chi connectivity index (χ1) is 18.2. The second kappa shape index (κ2) is 11.1. The van der Waals surface area contributed by atoms with Gasteiger partial charge in [0.05, 0.1) is 12.0 Å². The molecule has 0 atom stereocenters. The quantitative estimate of drug-likeness (QED) is 0.108. The van der Waals surface area contributed by atoms with Crippen LogP contribution in [0, 0.1) is 17.0 Å². The Hall–Kier alpha value is -5.38. The highest BCUT2D eigenvalue weighted by molar-refractivity contribution is 6.07. The average molecular weight is 511 g/mol. The molecule has 0 spiro atoms. The SMILES string of the molecule is COC(=O)c1cc(-c2cccc(NC(=O)c3ccc(/C=C/C(=O)c4ccc(C)c([N+](=O)[O-])c4)cc3)c2)on1. The number of amides is 1. The lowest BCUT2D eigenvalue weighted by Gasteiger charge is -2.07. The summed E-state index contributed by atoms with van der Waals surface area (Å²) < 4.78 is 9.82. The summed E-state index contributed by atoms with van der Waals surface area (Å²) in [5, 5.41) is 17.6. The Bertz CT molecular complexity index is 1570. The fraction of sp³-hybridized carbons (Fsp3) is 0.0714. The number of nitrogens with one attached hydrogen (secondary N) is 1. The van der Waals surface area contributed by atoms with Crippen molar-refractivity contribution in [3.63, 3.8) is 0 Å². The standard InChI is InChI=1S/C28H21N3O7/c1-17-6-10-20(15-24(17)31(35)36)25(32)13-9-18-7-11-19(12-8-18)27(33)29-22-5-3-4-21(14-22)26-16-23(30-38-26)28(34)37-2/h3-16H,1-2H3,(H,29,33)/b13-9+. The number of benzene rings is 3. The fourth-order valence-corrected chi connectivity index (χ4v) is 3.54. The molecule has 38 heavy (non-hydrogen) atoms.